The summed E-state index contributed by atoms with van der Waals surface area (Å²) < 4.78 is 27.3. The Labute approximate surface area is 205 Å². The number of aliphatic hydroxyl groups is 3. The molecule has 0 aromatic heterocycles. The molecule has 0 saturated carbocycles. The first-order valence-electron chi connectivity index (χ1n) is 4.73. The second kappa shape index (κ2) is 13.1. The van der Waals surface area contributed by atoms with Gasteiger partial charge in [-0.2, -0.15) is 0 Å². The van der Waals surface area contributed by atoms with Gasteiger partial charge in [0.15, 0.2) is 5.78 Å². The average molecular weight is 611 g/mol. The molecule has 0 rings (SSSR count). The molecule has 3 N–H and O–H groups in total. The molecule has 0 aromatic rings. The van der Waals surface area contributed by atoms with E-state index in [-0.39, 0.29) is 97.8 Å². The van der Waals surface area contributed by atoms with Gasteiger partial charge in [-0.15, -0.1) is 0 Å². The van der Waals surface area contributed by atoms with E-state index in [2.05, 4.69) is 9.05 Å². The van der Waals surface area contributed by atoms with Crippen molar-refractivity contribution in [3.63, 3.8) is 0 Å². The summed E-state index contributed by atoms with van der Waals surface area (Å²) in [5, 5.41) is 27.5. The van der Waals surface area contributed by atoms with Crippen molar-refractivity contribution in [1.82, 2.24) is 0 Å². The monoisotopic (exact) mass is 612 g/mol. The molecule has 0 amide bonds. The third-order valence-corrected chi connectivity index (χ3v) is 2.73. The van der Waals surface area contributed by atoms with Crippen molar-refractivity contribution in [2.75, 3.05) is 13.2 Å². The molecule has 0 aliphatic heterocycles. The molecule has 22 heavy (non-hydrogen) atoms. The SMILES string of the molecule is O=C(COP(=O)([O-])[O-])[C@H](O)[C@@H](O)[C@@H](O)COP(=O)([O-])[O-].[Ba+2].[Ba+2]. The number of hydrogen-bond acceptors (Lipinski definition) is 12. The van der Waals surface area contributed by atoms with Gasteiger partial charge in [0.2, 0.25) is 0 Å². The van der Waals surface area contributed by atoms with Crippen molar-refractivity contribution in [2.45, 2.75) is 18.3 Å². The van der Waals surface area contributed by atoms with E-state index in [4.69, 9.17) is 10.2 Å². The maximum atomic E-state index is 11.1. The molecule has 0 radical (unpaired) electrons. The molecule has 0 bridgehead atoms. The molecule has 0 fully saturated rings. The van der Waals surface area contributed by atoms with Gasteiger partial charge in [-0.05, 0) is 0 Å². The molecule has 0 heterocycles. The van der Waals surface area contributed by atoms with E-state index in [0.717, 1.165) is 0 Å². The Kier molecular flexibility index (Phi) is 17.7. The van der Waals surface area contributed by atoms with Crippen LogP contribution < -0.4 is 19.6 Å². The van der Waals surface area contributed by atoms with Gasteiger partial charge in [0.05, 0.1) is 22.3 Å². The Morgan fingerprint density at radius 2 is 1.36 bits per heavy atom. The van der Waals surface area contributed by atoms with E-state index in [1.807, 2.05) is 0 Å². The van der Waals surface area contributed by atoms with Crippen LogP contribution in [-0.4, -0.2) is 150 Å². The van der Waals surface area contributed by atoms with E-state index >= 15 is 0 Å². The number of Topliss-reactive ketones (excluding diaryl/α,β-unsaturated/α-hetero) is 1. The second-order valence-electron chi connectivity index (χ2n) is 3.43. The number of rotatable bonds is 9. The normalized spacial score (nSPS) is 16.0. The number of carbonyl (C=O) groups is 1. The predicted molar refractivity (Wildman–Crippen MR) is 61.7 cm³/mol. The van der Waals surface area contributed by atoms with Gasteiger partial charge in [0, 0.05) is 0 Å². The van der Waals surface area contributed by atoms with Crippen molar-refractivity contribution in [1.29, 1.82) is 0 Å². The van der Waals surface area contributed by atoms with Gasteiger partial charge < -0.3 is 53.1 Å². The van der Waals surface area contributed by atoms with Crippen molar-refractivity contribution >= 4 is 119 Å². The molecular weight excluding hydrogens is 601 g/mol. The van der Waals surface area contributed by atoms with Crippen LogP contribution in [0.3, 0.4) is 0 Å². The van der Waals surface area contributed by atoms with Crippen LogP contribution in [0.15, 0.2) is 0 Å². The molecule has 120 valence electrons. The summed E-state index contributed by atoms with van der Waals surface area (Å²) in [6.45, 7) is -2.63. The molecule has 0 aliphatic carbocycles. The third-order valence-electron chi connectivity index (χ3n) is 1.82. The fraction of sp³-hybridized carbons (Fsp3) is 0.833. The van der Waals surface area contributed by atoms with Crippen LogP contribution in [0.25, 0.3) is 0 Å². The third kappa shape index (κ3) is 15.2. The minimum atomic E-state index is -5.47. The van der Waals surface area contributed by atoms with E-state index in [9.17, 15) is 38.6 Å². The van der Waals surface area contributed by atoms with E-state index < -0.39 is 53.0 Å². The van der Waals surface area contributed by atoms with Crippen molar-refractivity contribution in [2.24, 2.45) is 0 Å². The first-order chi connectivity index (χ1) is 8.83. The van der Waals surface area contributed by atoms with Crippen molar-refractivity contribution < 1.29 is 57.9 Å². The Balaban J connectivity index is -0.00000180. The fourth-order valence-electron chi connectivity index (χ4n) is 0.895. The molecule has 16 heteroatoms. The van der Waals surface area contributed by atoms with Crippen LogP contribution in [0.4, 0.5) is 0 Å². The van der Waals surface area contributed by atoms with Gasteiger partial charge in [-0.3, -0.25) is 4.79 Å². The van der Waals surface area contributed by atoms with E-state index in [1.165, 1.54) is 0 Å². The first-order valence-corrected chi connectivity index (χ1v) is 7.65. The summed E-state index contributed by atoms with van der Waals surface area (Å²) in [6, 6.07) is 0. The molecule has 0 unspecified atom stereocenters. The number of phosphoric acid groups is 2. The summed E-state index contributed by atoms with van der Waals surface area (Å²) in [4.78, 5) is 51.4. The van der Waals surface area contributed by atoms with Crippen LogP contribution in [0.1, 0.15) is 0 Å². The zero-order valence-corrected chi connectivity index (χ0v) is 21.6. The molecular formula is C6H10Ba2O12P2. The standard InChI is InChI=1S/C6H14O12P2.2Ba/c7-3(1-17-19(11,12)13)5(9)6(10)4(8)2-18-20(14,15)16;;/h3,5-7,9-10H,1-2H2,(H2,11,12,13)(H2,14,15,16);;/q;2*+2/p-4/t3-,5-,6-;;/m0../s1. The number of hydrogen-bond donors (Lipinski definition) is 3. The summed E-state index contributed by atoms with van der Waals surface area (Å²) in [5.41, 5.74) is 0. The van der Waals surface area contributed by atoms with E-state index in [1.54, 1.807) is 0 Å². The molecule has 0 aromatic carbocycles. The van der Waals surface area contributed by atoms with Crippen LogP contribution >= 0.6 is 15.6 Å². The quantitative estimate of drug-likeness (QED) is 0.164. The van der Waals surface area contributed by atoms with Gasteiger partial charge in [-0.25, -0.2) is 0 Å². The summed E-state index contributed by atoms with van der Waals surface area (Å²) in [5.74, 6) is -1.48. The number of ketones is 1. The smallest absolute Gasteiger partial charge is 0.790 e. The summed E-state index contributed by atoms with van der Waals surface area (Å²) >= 11 is 0. The Morgan fingerprint density at radius 3 is 1.73 bits per heavy atom. The van der Waals surface area contributed by atoms with Gasteiger partial charge in [0.25, 0.3) is 0 Å². The average Bonchev–Trinajstić information content (AvgIpc) is 2.29. The Morgan fingerprint density at radius 1 is 0.955 bits per heavy atom. The second-order valence-corrected chi connectivity index (χ2v) is 5.74. The topological polar surface area (TPSA) is 223 Å². The van der Waals surface area contributed by atoms with Gasteiger partial charge in [-0.1, -0.05) is 0 Å². The zero-order valence-electron chi connectivity index (χ0n) is 11.0. The number of aliphatic hydroxyl groups excluding tert-OH is 3. The first kappa shape index (κ1) is 29.7. The largest absolute Gasteiger partial charge is 2.00 e. The molecule has 0 spiro atoms. The van der Waals surface area contributed by atoms with Crippen LogP contribution in [0.5, 0.6) is 0 Å². The minimum Gasteiger partial charge on any atom is -0.790 e. The van der Waals surface area contributed by atoms with Crippen LogP contribution in [0.2, 0.25) is 0 Å². The Hall–Kier alpha value is 2.91. The maximum Gasteiger partial charge on any atom is 2.00 e. The zero-order chi connectivity index (χ0) is 16.1. The van der Waals surface area contributed by atoms with Gasteiger partial charge in [0.1, 0.15) is 24.9 Å². The van der Waals surface area contributed by atoms with Crippen molar-refractivity contribution in [3.05, 3.63) is 0 Å². The fourth-order valence-corrected chi connectivity index (χ4v) is 1.52. The predicted octanol–water partition coefficient (Wildman–Crippen LogP) is -6.43. The molecule has 0 saturated heterocycles. The van der Waals surface area contributed by atoms with Crippen LogP contribution in [-0.2, 0) is 23.0 Å². The maximum absolute atomic E-state index is 11.1. The van der Waals surface area contributed by atoms with Gasteiger partial charge >= 0.3 is 97.8 Å². The summed E-state index contributed by atoms with van der Waals surface area (Å²) in [6.07, 6.45) is -6.83. The minimum absolute atomic E-state index is 0. The van der Waals surface area contributed by atoms with E-state index in [0.29, 0.717) is 0 Å². The Bertz CT molecular complexity index is 420. The summed E-state index contributed by atoms with van der Waals surface area (Å²) in [7, 11) is -10.9. The van der Waals surface area contributed by atoms with Crippen molar-refractivity contribution in [3.8, 4) is 0 Å². The molecule has 12 nitrogen and oxygen atoms in total. The molecule has 3 atom stereocenters. The molecule has 0 aliphatic rings. The number of carbonyl (C=O) groups excluding carboxylic acids is 1. The van der Waals surface area contributed by atoms with Crippen LogP contribution in [0, 0.1) is 0 Å². The number of phosphoric ester groups is 2.